The number of nitrogens with zero attached hydrogens (tertiary/aromatic N) is 3. The molecule has 3 aromatic carbocycles. The molecule has 37 heavy (non-hydrogen) atoms. The van der Waals surface area contributed by atoms with Gasteiger partial charge < -0.3 is 14.4 Å². The number of imide groups is 1. The van der Waals surface area contributed by atoms with E-state index in [9.17, 15) is 9.59 Å². The van der Waals surface area contributed by atoms with E-state index in [1.54, 1.807) is 32.4 Å². The van der Waals surface area contributed by atoms with Gasteiger partial charge in [-0.15, -0.1) is 0 Å². The first-order valence-electron chi connectivity index (χ1n) is 12.4. The maximum Gasteiger partial charge on any atom is 0.263 e. The molecule has 2 heterocycles. The number of halogens is 1. The van der Waals surface area contributed by atoms with Crippen molar-refractivity contribution in [2.24, 2.45) is 0 Å². The van der Waals surface area contributed by atoms with Gasteiger partial charge in [0.2, 0.25) is 0 Å². The largest absolute Gasteiger partial charge is 0.493 e. The summed E-state index contributed by atoms with van der Waals surface area (Å²) >= 11 is 3.55. The number of rotatable bonds is 7. The number of carbonyl (C=O) groups excluding carboxylic acids is 2. The van der Waals surface area contributed by atoms with Crippen LogP contribution in [-0.4, -0.2) is 62.0 Å². The number of piperazine rings is 1. The zero-order valence-electron chi connectivity index (χ0n) is 21.2. The maximum atomic E-state index is 13.6. The minimum Gasteiger partial charge on any atom is -0.493 e. The van der Waals surface area contributed by atoms with Gasteiger partial charge in [-0.3, -0.25) is 19.4 Å². The van der Waals surface area contributed by atoms with Gasteiger partial charge in [-0.2, -0.15) is 0 Å². The van der Waals surface area contributed by atoms with Gasteiger partial charge in [0.25, 0.3) is 11.8 Å². The molecular weight excluding hydrogens is 534 g/mol. The molecule has 1 unspecified atom stereocenters. The summed E-state index contributed by atoms with van der Waals surface area (Å²) in [5.41, 5.74) is 3.84. The van der Waals surface area contributed by atoms with Gasteiger partial charge in [0.05, 0.1) is 37.6 Å². The summed E-state index contributed by atoms with van der Waals surface area (Å²) in [6, 6.07) is 20.0. The van der Waals surface area contributed by atoms with Crippen LogP contribution in [0.25, 0.3) is 0 Å². The molecule has 0 N–H and O–H groups in total. The van der Waals surface area contributed by atoms with Crippen molar-refractivity contribution >= 4 is 33.4 Å². The van der Waals surface area contributed by atoms with Crippen molar-refractivity contribution < 1.29 is 19.1 Å². The van der Waals surface area contributed by atoms with Crippen LogP contribution >= 0.6 is 15.9 Å². The number of benzene rings is 3. The van der Waals surface area contributed by atoms with Crippen molar-refractivity contribution in [1.29, 1.82) is 0 Å². The lowest BCUT2D eigenvalue weighted by molar-refractivity contribution is 0.0642. The van der Waals surface area contributed by atoms with Gasteiger partial charge in [0.15, 0.2) is 11.5 Å². The smallest absolute Gasteiger partial charge is 0.263 e. The molecule has 1 fully saturated rings. The molecule has 0 spiro atoms. The third kappa shape index (κ3) is 4.71. The molecular formula is C29H30BrN3O4. The fourth-order valence-corrected chi connectivity index (χ4v) is 5.65. The Morgan fingerprint density at radius 3 is 2.22 bits per heavy atom. The lowest BCUT2D eigenvalue weighted by Gasteiger charge is -2.39. The summed E-state index contributed by atoms with van der Waals surface area (Å²) < 4.78 is 11.5. The Morgan fingerprint density at radius 2 is 1.54 bits per heavy atom. The monoisotopic (exact) mass is 563 g/mol. The minimum atomic E-state index is -0.278. The Balaban J connectivity index is 1.35. The molecule has 0 radical (unpaired) electrons. The molecule has 0 aliphatic carbocycles. The van der Waals surface area contributed by atoms with Crippen molar-refractivity contribution in [3.8, 4) is 11.5 Å². The fraction of sp³-hybridized carbons (Fsp3) is 0.310. The van der Waals surface area contributed by atoms with Crippen molar-refractivity contribution in [2.75, 3.05) is 45.3 Å². The molecule has 2 aliphatic heterocycles. The normalized spacial score (nSPS) is 16.6. The Bertz CT molecular complexity index is 1320. The van der Waals surface area contributed by atoms with Crippen molar-refractivity contribution in [2.45, 2.75) is 19.5 Å². The van der Waals surface area contributed by atoms with Crippen LogP contribution in [0.1, 0.15) is 44.8 Å². The summed E-state index contributed by atoms with van der Waals surface area (Å²) in [5, 5.41) is 0. The topological polar surface area (TPSA) is 62.3 Å². The Labute approximate surface area is 225 Å². The van der Waals surface area contributed by atoms with E-state index in [0.29, 0.717) is 28.7 Å². The molecule has 7 nitrogen and oxygen atoms in total. The quantitative estimate of drug-likeness (QED) is 0.371. The molecule has 0 aromatic heterocycles. The average molecular weight is 564 g/mol. The molecule has 0 saturated carbocycles. The SMILES string of the molecule is COc1cc(Br)c(CN2C(=O)c3cccc(N4CCN(C(C)c5ccccc5)CC4)c3C2=O)cc1OC. The zero-order chi connectivity index (χ0) is 26.1. The van der Waals surface area contributed by atoms with Crippen LogP contribution < -0.4 is 14.4 Å². The zero-order valence-corrected chi connectivity index (χ0v) is 22.8. The number of hydrogen-bond acceptors (Lipinski definition) is 6. The summed E-state index contributed by atoms with van der Waals surface area (Å²) in [4.78, 5) is 33.0. The van der Waals surface area contributed by atoms with E-state index in [0.717, 1.165) is 41.9 Å². The number of ether oxygens (including phenoxy) is 2. The lowest BCUT2D eigenvalue weighted by Crippen LogP contribution is -2.47. The van der Waals surface area contributed by atoms with Gasteiger partial charge >= 0.3 is 0 Å². The molecule has 192 valence electrons. The predicted molar refractivity (Wildman–Crippen MR) is 147 cm³/mol. The van der Waals surface area contributed by atoms with E-state index in [4.69, 9.17) is 9.47 Å². The number of fused-ring (bicyclic) bond motifs is 1. The number of methoxy groups -OCH3 is 2. The van der Waals surface area contributed by atoms with Gasteiger partial charge in [0.1, 0.15) is 0 Å². The molecule has 5 rings (SSSR count). The summed E-state index contributed by atoms with van der Waals surface area (Å²) in [5.74, 6) is 0.571. The van der Waals surface area contributed by atoms with Crippen molar-refractivity contribution in [1.82, 2.24) is 9.80 Å². The van der Waals surface area contributed by atoms with Gasteiger partial charge in [-0.1, -0.05) is 52.3 Å². The Kier molecular flexibility index (Phi) is 7.22. The van der Waals surface area contributed by atoms with Crippen LogP contribution in [0.15, 0.2) is 65.1 Å². The first-order valence-corrected chi connectivity index (χ1v) is 13.2. The van der Waals surface area contributed by atoms with Gasteiger partial charge in [0, 0.05) is 36.7 Å². The second-order valence-corrected chi connectivity index (χ2v) is 10.2. The second-order valence-electron chi connectivity index (χ2n) is 9.30. The third-order valence-corrected chi connectivity index (χ3v) is 8.08. The summed E-state index contributed by atoms with van der Waals surface area (Å²) in [6.07, 6.45) is 0. The predicted octanol–water partition coefficient (Wildman–Crippen LogP) is 5.15. The highest BCUT2D eigenvalue weighted by atomic mass is 79.9. The van der Waals surface area contributed by atoms with Gasteiger partial charge in [-0.25, -0.2) is 0 Å². The Hall–Kier alpha value is -3.36. The van der Waals surface area contributed by atoms with Crippen molar-refractivity contribution in [3.63, 3.8) is 0 Å². The molecule has 0 bridgehead atoms. The fourth-order valence-electron chi connectivity index (χ4n) is 5.20. The highest BCUT2D eigenvalue weighted by Crippen LogP contribution is 2.37. The number of carbonyl (C=O) groups is 2. The van der Waals surface area contributed by atoms with E-state index in [-0.39, 0.29) is 18.4 Å². The van der Waals surface area contributed by atoms with Crippen LogP contribution in [-0.2, 0) is 6.54 Å². The van der Waals surface area contributed by atoms with Gasteiger partial charge in [-0.05, 0) is 42.3 Å². The minimum absolute atomic E-state index is 0.134. The Morgan fingerprint density at radius 1 is 0.865 bits per heavy atom. The van der Waals surface area contributed by atoms with E-state index in [1.165, 1.54) is 10.5 Å². The third-order valence-electron chi connectivity index (χ3n) is 7.34. The number of amides is 2. The van der Waals surface area contributed by atoms with Crippen LogP contribution in [0, 0.1) is 0 Å². The van der Waals surface area contributed by atoms with Crippen molar-refractivity contribution in [3.05, 3.63) is 87.4 Å². The molecule has 8 heteroatoms. The standard InChI is InChI=1S/C29H30BrN3O4/c1-19(20-8-5-4-6-9-20)31-12-14-32(15-13-31)24-11-7-10-22-27(24)29(35)33(28(22)34)18-21-16-25(36-2)26(37-3)17-23(21)30/h4-11,16-17,19H,12-15,18H2,1-3H3. The van der Waals surface area contributed by atoms with Crippen LogP contribution in [0.3, 0.4) is 0 Å². The maximum absolute atomic E-state index is 13.6. The van der Waals surface area contributed by atoms with E-state index >= 15 is 0 Å². The average Bonchev–Trinajstić information content (AvgIpc) is 3.18. The summed E-state index contributed by atoms with van der Waals surface area (Å²) in [7, 11) is 3.13. The molecule has 3 aromatic rings. The highest BCUT2D eigenvalue weighted by Gasteiger charge is 2.39. The number of hydrogen-bond donors (Lipinski definition) is 0. The summed E-state index contributed by atoms with van der Waals surface area (Å²) in [6.45, 7) is 5.70. The second kappa shape index (κ2) is 10.6. The van der Waals surface area contributed by atoms with Crippen LogP contribution in [0.2, 0.25) is 0 Å². The number of anilines is 1. The molecule has 2 amide bonds. The molecule has 2 aliphatic rings. The lowest BCUT2D eigenvalue weighted by atomic mass is 10.0. The van der Waals surface area contributed by atoms with E-state index in [2.05, 4.69) is 56.9 Å². The van der Waals surface area contributed by atoms with E-state index < -0.39 is 0 Å². The van der Waals surface area contributed by atoms with Crippen LogP contribution in [0.5, 0.6) is 11.5 Å². The first kappa shape index (κ1) is 25.3. The van der Waals surface area contributed by atoms with Crippen LogP contribution in [0.4, 0.5) is 5.69 Å². The molecule has 1 saturated heterocycles. The highest BCUT2D eigenvalue weighted by molar-refractivity contribution is 9.10. The van der Waals surface area contributed by atoms with E-state index in [1.807, 2.05) is 18.2 Å². The molecule has 1 atom stereocenters. The first-order chi connectivity index (χ1) is 17.9.